The van der Waals surface area contributed by atoms with Crippen LogP contribution in [0.5, 0.6) is 0 Å². The van der Waals surface area contributed by atoms with Crippen LogP contribution >= 0.6 is 11.8 Å². The number of hydrogen-bond acceptors (Lipinski definition) is 6. The lowest BCUT2D eigenvalue weighted by Crippen LogP contribution is -2.08. The van der Waals surface area contributed by atoms with Crippen molar-refractivity contribution in [3.05, 3.63) is 11.6 Å². The van der Waals surface area contributed by atoms with Crippen molar-refractivity contribution in [1.29, 1.82) is 0 Å². The molecule has 0 spiro atoms. The predicted molar refractivity (Wildman–Crippen MR) is 76.4 cm³/mol. The second-order valence-corrected chi connectivity index (χ2v) is 5.72. The lowest BCUT2D eigenvalue weighted by Gasteiger charge is -2.10. The third-order valence-electron chi connectivity index (χ3n) is 3.50. The highest BCUT2D eigenvalue weighted by Gasteiger charge is 2.21. The van der Waals surface area contributed by atoms with E-state index < -0.39 is 0 Å². The van der Waals surface area contributed by atoms with Crippen LogP contribution in [0.1, 0.15) is 45.1 Å². The summed E-state index contributed by atoms with van der Waals surface area (Å²) in [7, 11) is 1.40. The van der Waals surface area contributed by atoms with Crippen LogP contribution < -0.4 is 0 Å². The van der Waals surface area contributed by atoms with E-state index in [-0.39, 0.29) is 5.97 Å². The fourth-order valence-corrected chi connectivity index (χ4v) is 3.22. The van der Waals surface area contributed by atoms with Crippen molar-refractivity contribution >= 4 is 17.7 Å². The summed E-state index contributed by atoms with van der Waals surface area (Å²) in [5.74, 6) is 0.411. The third kappa shape index (κ3) is 3.59. The zero-order valence-electron chi connectivity index (χ0n) is 11.9. The maximum atomic E-state index is 11.5. The largest absolute Gasteiger partial charge is 0.466 e. The van der Waals surface area contributed by atoms with Gasteiger partial charge in [0.1, 0.15) is 0 Å². The van der Waals surface area contributed by atoms with Crippen molar-refractivity contribution in [2.75, 3.05) is 12.9 Å². The molecule has 7 heteroatoms. The van der Waals surface area contributed by atoms with Crippen LogP contribution in [0.25, 0.3) is 0 Å². The van der Waals surface area contributed by atoms with E-state index in [4.69, 9.17) is 4.74 Å². The van der Waals surface area contributed by atoms with Gasteiger partial charge in [0.2, 0.25) is 5.16 Å². The topological polar surface area (TPSA) is 69.9 Å². The third-order valence-corrected chi connectivity index (χ3v) is 4.36. The van der Waals surface area contributed by atoms with Crippen LogP contribution in [0.15, 0.2) is 16.8 Å². The minimum atomic E-state index is -0.261. The van der Waals surface area contributed by atoms with Crippen LogP contribution in [-0.2, 0) is 9.53 Å². The van der Waals surface area contributed by atoms with Gasteiger partial charge in [-0.2, -0.15) is 0 Å². The molecular weight excluding hydrogens is 276 g/mol. The highest BCUT2D eigenvalue weighted by atomic mass is 32.2. The quantitative estimate of drug-likeness (QED) is 0.456. The number of carbonyl (C=O) groups is 1. The van der Waals surface area contributed by atoms with E-state index in [0.717, 1.165) is 18.0 Å². The minimum absolute atomic E-state index is 0.261. The Bertz CT molecular complexity index is 480. The molecule has 1 aromatic heterocycles. The number of methoxy groups -OCH3 is 1. The second-order valence-electron chi connectivity index (χ2n) is 4.73. The number of aromatic nitrogens is 4. The van der Waals surface area contributed by atoms with Crippen molar-refractivity contribution < 1.29 is 9.53 Å². The van der Waals surface area contributed by atoms with Gasteiger partial charge in [-0.15, -0.1) is 5.10 Å². The van der Waals surface area contributed by atoms with E-state index in [2.05, 4.69) is 15.5 Å². The molecule has 0 atom stereocenters. The molecule has 20 heavy (non-hydrogen) atoms. The fourth-order valence-electron chi connectivity index (χ4n) is 2.38. The summed E-state index contributed by atoms with van der Waals surface area (Å²) in [6.45, 7) is 1.94. The van der Waals surface area contributed by atoms with Gasteiger partial charge >= 0.3 is 5.97 Å². The summed E-state index contributed by atoms with van der Waals surface area (Å²) < 4.78 is 6.66. The maximum Gasteiger partial charge on any atom is 0.333 e. The molecule has 2 rings (SSSR count). The molecule has 0 N–H and O–H groups in total. The summed E-state index contributed by atoms with van der Waals surface area (Å²) in [5, 5.41) is 12.8. The molecule has 1 heterocycles. The fraction of sp³-hybridized carbons (Fsp3) is 0.692. The molecule has 1 fully saturated rings. The molecule has 1 saturated carbocycles. The Morgan fingerprint density at radius 3 is 2.90 bits per heavy atom. The Labute approximate surface area is 122 Å². The van der Waals surface area contributed by atoms with Crippen molar-refractivity contribution in [3.8, 4) is 0 Å². The van der Waals surface area contributed by atoms with Gasteiger partial charge in [0.05, 0.1) is 13.2 Å². The van der Waals surface area contributed by atoms with Gasteiger partial charge in [-0.3, -0.25) is 0 Å². The first-order valence-corrected chi connectivity index (χ1v) is 7.92. The summed E-state index contributed by atoms with van der Waals surface area (Å²) in [6.07, 6.45) is 7.35. The molecule has 0 amide bonds. The molecule has 0 radical (unpaired) electrons. The average molecular weight is 296 g/mol. The Balaban J connectivity index is 1.95. The van der Waals surface area contributed by atoms with Gasteiger partial charge in [0.15, 0.2) is 0 Å². The monoisotopic (exact) mass is 296 g/mol. The molecule has 110 valence electrons. The van der Waals surface area contributed by atoms with Crippen LogP contribution in [0.2, 0.25) is 0 Å². The van der Waals surface area contributed by atoms with E-state index in [1.54, 1.807) is 11.8 Å². The normalized spacial score (nSPS) is 16.6. The van der Waals surface area contributed by atoms with E-state index >= 15 is 0 Å². The number of tetrazole rings is 1. The lowest BCUT2D eigenvalue weighted by molar-refractivity contribution is -0.136. The van der Waals surface area contributed by atoms with Crippen LogP contribution in [0, 0.1) is 0 Å². The first kappa shape index (κ1) is 15.0. The molecule has 6 nitrogen and oxygen atoms in total. The summed E-state index contributed by atoms with van der Waals surface area (Å²) >= 11 is 1.55. The van der Waals surface area contributed by atoms with Gasteiger partial charge in [-0.05, 0) is 29.7 Å². The number of esters is 1. The van der Waals surface area contributed by atoms with Crippen molar-refractivity contribution in [2.24, 2.45) is 0 Å². The van der Waals surface area contributed by atoms with E-state index in [1.165, 1.54) is 20.0 Å². The Hall–Kier alpha value is -1.37. The van der Waals surface area contributed by atoms with E-state index in [9.17, 15) is 4.79 Å². The Morgan fingerprint density at radius 2 is 2.25 bits per heavy atom. The standard InChI is InChI=1S/C13H20N4O2S/c1-3-10(12(18)19-2)8-9-20-13-14-15-16-17(13)11-6-4-5-7-11/h8,11H,3-7,9H2,1-2H3. The summed E-state index contributed by atoms with van der Waals surface area (Å²) in [6, 6.07) is 0.433. The first-order valence-electron chi connectivity index (χ1n) is 6.94. The van der Waals surface area contributed by atoms with E-state index in [1.807, 2.05) is 17.7 Å². The lowest BCUT2D eigenvalue weighted by atomic mass is 10.2. The molecule has 1 aliphatic carbocycles. The van der Waals surface area contributed by atoms with Gasteiger partial charge in [-0.25, -0.2) is 9.48 Å². The molecule has 0 aromatic carbocycles. The average Bonchev–Trinajstić information content (AvgIpc) is 3.13. The van der Waals surface area contributed by atoms with Crippen LogP contribution in [-0.4, -0.2) is 39.0 Å². The molecule has 0 bridgehead atoms. The molecular formula is C13H20N4O2S. The van der Waals surface area contributed by atoms with Crippen LogP contribution in [0.3, 0.4) is 0 Å². The number of hydrogen-bond donors (Lipinski definition) is 0. The second kappa shape index (κ2) is 7.42. The maximum absolute atomic E-state index is 11.5. The van der Waals surface area contributed by atoms with Crippen molar-refractivity contribution in [1.82, 2.24) is 20.2 Å². The molecule has 0 saturated heterocycles. The molecule has 1 aliphatic rings. The molecule has 0 unspecified atom stereocenters. The smallest absolute Gasteiger partial charge is 0.333 e. The SMILES string of the molecule is CCC(=CCSc1nnnn1C1CCCC1)C(=O)OC. The van der Waals surface area contributed by atoms with E-state index in [0.29, 0.717) is 23.8 Å². The number of carbonyl (C=O) groups excluding carboxylic acids is 1. The van der Waals surface area contributed by atoms with Gasteiger partial charge in [0, 0.05) is 11.3 Å². The first-order chi connectivity index (χ1) is 9.76. The highest BCUT2D eigenvalue weighted by Crippen LogP contribution is 2.31. The zero-order valence-corrected chi connectivity index (χ0v) is 12.7. The van der Waals surface area contributed by atoms with Gasteiger partial charge in [0.25, 0.3) is 0 Å². The minimum Gasteiger partial charge on any atom is -0.466 e. The molecule has 0 aliphatic heterocycles. The predicted octanol–water partition coefficient (Wildman–Crippen LogP) is 2.39. The Morgan fingerprint density at radius 1 is 1.50 bits per heavy atom. The number of ether oxygens (including phenoxy) is 1. The summed E-state index contributed by atoms with van der Waals surface area (Å²) in [4.78, 5) is 11.5. The van der Waals surface area contributed by atoms with Crippen LogP contribution in [0.4, 0.5) is 0 Å². The highest BCUT2D eigenvalue weighted by molar-refractivity contribution is 7.99. The van der Waals surface area contributed by atoms with Gasteiger partial charge < -0.3 is 4.74 Å². The van der Waals surface area contributed by atoms with Gasteiger partial charge in [-0.1, -0.05) is 37.6 Å². The Kier molecular flexibility index (Phi) is 5.58. The number of rotatable bonds is 6. The van der Waals surface area contributed by atoms with Crippen molar-refractivity contribution in [3.63, 3.8) is 0 Å². The van der Waals surface area contributed by atoms with Crippen molar-refractivity contribution in [2.45, 2.75) is 50.2 Å². The summed E-state index contributed by atoms with van der Waals surface area (Å²) in [5.41, 5.74) is 0.694. The zero-order chi connectivity index (χ0) is 14.4. The molecule has 1 aromatic rings. The number of nitrogens with zero attached hydrogens (tertiary/aromatic N) is 4. The number of thioether (sulfide) groups is 1.